The van der Waals surface area contributed by atoms with Gasteiger partial charge in [0, 0.05) is 12.8 Å². The van der Waals surface area contributed by atoms with Crippen molar-refractivity contribution in [2.45, 2.75) is 296 Å². The highest BCUT2D eigenvalue weighted by molar-refractivity contribution is 7.45. The molecule has 0 N–H and O–H groups in total. The predicted molar refractivity (Wildman–Crippen MR) is 337 cm³/mol. The summed E-state index contributed by atoms with van der Waals surface area (Å²) in [6.45, 7) is 4.09. The minimum Gasteiger partial charge on any atom is -0.756 e. The highest BCUT2D eigenvalue weighted by Gasteiger charge is 2.22. The number of allylic oxidation sites excluding steroid dienone is 14. The van der Waals surface area contributed by atoms with Gasteiger partial charge in [0.1, 0.15) is 19.8 Å². The third kappa shape index (κ3) is 64.2. The molecule has 0 saturated heterocycles. The summed E-state index contributed by atoms with van der Waals surface area (Å²) in [5, 5.41) is 0. The second kappa shape index (κ2) is 59.8. The number of likely N-dealkylation sites (N-methyl/N-ethyl adjacent to an activating group) is 1. The van der Waals surface area contributed by atoms with Gasteiger partial charge in [0.15, 0.2) is 6.10 Å². The summed E-state index contributed by atoms with van der Waals surface area (Å²) in [4.78, 5) is 37.8. The van der Waals surface area contributed by atoms with E-state index in [9.17, 15) is 19.0 Å². The number of carbonyl (C=O) groups excluding carboxylic acids is 2. The van der Waals surface area contributed by atoms with Crippen molar-refractivity contribution < 1.29 is 42.1 Å². The summed E-state index contributed by atoms with van der Waals surface area (Å²) in [5.41, 5.74) is 0. The first-order valence-electron chi connectivity index (χ1n) is 32.8. The molecule has 0 aliphatic heterocycles. The molecule has 0 bridgehead atoms. The van der Waals surface area contributed by atoms with Crippen LogP contribution in [0, 0.1) is 0 Å². The average molecular weight is 1130 g/mol. The normalized spacial score (nSPS) is 13.7. The van der Waals surface area contributed by atoms with Crippen LogP contribution in [0.4, 0.5) is 0 Å². The maximum Gasteiger partial charge on any atom is 0.306 e. The fourth-order valence-electron chi connectivity index (χ4n) is 9.11. The van der Waals surface area contributed by atoms with Gasteiger partial charge in [-0.1, -0.05) is 279 Å². The Balaban J connectivity index is 3.88. The van der Waals surface area contributed by atoms with Crippen LogP contribution < -0.4 is 4.89 Å². The first kappa shape index (κ1) is 76.2. The molecule has 0 saturated carbocycles. The largest absolute Gasteiger partial charge is 0.756 e. The summed E-state index contributed by atoms with van der Waals surface area (Å²) in [6, 6.07) is 0. The molecule has 9 nitrogen and oxygen atoms in total. The van der Waals surface area contributed by atoms with E-state index in [-0.39, 0.29) is 26.1 Å². The van der Waals surface area contributed by atoms with Crippen LogP contribution in [0.3, 0.4) is 0 Å². The number of carbonyl (C=O) groups is 2. The van der Waals surface area contributed by atoms with Crippen LogP contribution >= 0.6 is 7.82 Å². The van der Waals surface area contributed by atoms with Crippen molar-refractivity contribution in [2.24, 2.45) is 0 Å². The van der Waals surface area contributed by atoms with Gasteiger partial charge >= 0.3 is 11.9 Å². The Bertz CT molecular complexity index is 1610. The number of unbranched alkanes of at least 4 members (excludes halogenated alkanes) is 32. The molecule has 0 radical (unpaired) electrons. The number of phosphoric ester groups is 1. The number of hydrogen-bond donors (Lipinski definition) is 0. The van der Waals surface area contributed by atoms with Gasteiger partial charge in [-0.2, -0.15) is 0 Å². The molecule has 0 fully saturated rings. The second-order valence-corrected chi connectivity index (χ2v) is 24.5. The Morgan fingerprint density at radius 2 is 0.722 bits per heavy atom. The zero-order valence-electron chi connectivity index (χ0n) is 52.1. The Kier molecular flexibility index (Phi) is 57.7. The van der Waals surface area contributed by atoms with Crippen LogP contribution in [0.15, 0.2) is 85.1 Å². The lowest BCUT2D eigenvalue weighted by molar-refractivity contribution is -0.870. The molecule has 458 valence electrons. The van der Waals surface area contributed by atoms with Gasteiger partial charge in [-0.25, -0.2) is 0 Å². The average Bonchev–Trinajstić information content (AvgIpc) is 3.41. The molecule has 0 rings (SSSR count). The minimum absolute atomic E-state index is 0.0336. The smallest absolute Gasteiger partial charge is 0.306 e. The molecule has 0 aromatic heterocycles. The van der Waals surface area contributed by atoms with Gasteiger partial charge in [-0.15, -0.1) is 0 Å². The van der Waals surface area contributed by atoms with E-state index < -0.39 is 32.5 Å². The molecule has 0 aliphatic carbocycles. The predicted octanol–water partition coefficient (Wildman–Crippen LogP) is 20.4. The number of quaternary nitrogens is 1. The van der Waals surface area contributed by atoms with Gasteiger partial charge in [0.2, 0.25) is 0 Å². The van der Waals surface area contributed by atoms with E-state index in [0.29, 0.717) is 23.9 Å². The Labute approximate surface area is 488 Å². The van der Waals surface area contributed by atoms with Crippen molar-refractivity contribution in [3.05, 3.63) is 85.1 Å². The van der Waals surface area contributed by atoms with Crippen molar-refractivity contribution in [3.63, 3.8) is 0 Å². The Hall–Kier alpha value is -2.81. The molecule has 0 aromatic rings. The van der Waals surface area contributed by atoms with E-state index in [1.54, 1.807) is 0 Å². The standard InChI is InChI=1S/C69H124NO8P/c1-6-8-10-12-14-16-18-20-22-23-24-25-26-27-28-29-30-31-32-33-34-35-36-37-38-39-40-41-42-43-44-45-46-47-48-50-52-54-56-58-60-62-69(72)78-67(66-77-79(73,74)76-64-63-70(3,4)5)65-75-68(71)61-59-57-55-53-51-49-21-19-17-15-13-11-9-7-2/h8,10,13-16,19-22,24-25,27-28,67H,6-7,9,11-12,17-18,23,26,29-66H2,1-5H3/b10-8-,15-13-,16-14-,21-19-,22-20-,25-24-,28-27-. The number of ether oxygens (including phenoxy) is 2. The lowest BCUT2D eigenvalue weighted by Gasteiger charge is -2.28. The van der Waals surface area contributed by atoms with E-state index in [4.69, 9.17) is 18.5 Å². The van der Waals surface area contributed by atoms with Crippen LogP contribution in [0.2, 0.25) is 0 Å². The minimum atomic E-state index is -4.64. The molecular formula is C69H124NO8P. The number of rotatable bonds is 60. The Morgan fingerprint density at radius 1 is 0.405 bits per heavy atom. The fraction of sp³-hybridized carbons (Fsp3) is 0.768. The number of nitrogens with zero attached hydrogens (tertiary/aromatic N) is 1. The van der Waals surface area contributed by atoms with Crippen molar-refractivity contribution in [3.8, 4) is 0 Å². The first-order valence-corrected chi connectivity index (χ1v) is 34.3. The number of esters is 2. The van der Waals surface area contributed by atoms with E-state index in [0.717, 1.165) is 96.3 Å². The summed E-state index contributed by atoms with van der Waals surface area (Å²) in [7, 11) is 1.16. The van der Waals surface area contributed by atoms with E-state index in [1.165, 1.54) is 154 Å². The van der Waals surface area contributed by atoms with Crippen LogP contribution in [-0.2, 0) is 32.7 Å². The summed E-state index contributed by atoms with van der Waals surface area (Å²) >= 11 is 0. The molecule has 79 heavy (non-hydrogen) atoms. The molecule has 0 spiro atoms. The van der Waals surface area contributed by atoms with Gasteiger partial charge in [-0.3, -0.25) is 14.2 Å². The zero-order valence-corrected chi connectivity index (χ0v) is 52.9. The highest BCUT2D eigenvalue weighted by atomic mass is 31.2. The monoisotopic (exact) mass is 1130 g/mol. The SMILES string of the molecule is CC/C=C\C/C=C\C/C=C\C/C=C\C/C=C\CCCCCCCCCCCCCCCCCCCCCCCCCCCC(=O)OC(COC(=O)CCCCCCC/C=C\C/C=C\CCCC)COP(=O)([O-])OCC[N+](C)(C)C. The molecule has 0 aromatic carbocycles. The van der Waals surface area contributed by atoms with Crippen LogP contribution in [0.1, 0.15) is 290 Å². The molecule has 0 amide bonds. The third-order valence-electron chi connectivity index (χ3n) is 14.1. The zero-order chi connectivity index (χ0) is 57.7. The summed E-state index contributed by atoms with van der Waals surface area (Å²) in [5.74, 6) is -0.841. The molecule has 10 heteroatoms. The number of phosphoric acid groups is 1. The van der Waals surface area contributed by atoms with Gasteiger partial charge in [0.25, 0.3) is 7.82 Å². The molecule has 2 atom stereocenters. The van der Waals surface area contributed by atoms with E-state index >= 15 is 0 Å². The lowest BCUT2D eigenvalue weighted by Crippen LogP contribution is -2.37. The highest BCUT2D eigenvalue weighted by Crippen LogP contribution is 2.38. The maximum atomic E-state index is 12.8. The van der Waals surface area contributed by atoms with E-state index in [1.807, 2.05) is 21.1 Å². The van der Waals surface area contributed by atoms with Crippen molar-refractivity contribution in [1.29, 1.82) is 0 Å². The quantitative estimate of drug-likeness (QED) is 0.0195. The second-order valence-electron chi connectivity index (χ2n) is 23.1. The van der Waals surface area contributed by atoms with Crippen LogP contribution in [0.25, 0.3) is 0 Å². The Morgan fingerprint density at radius 3 is 1.08 bits per heavy atom. The maximum absolute atomic E-state index is 12.8. The van der Waals surface area contributed by atoms with Gasteiger partial charge < -0.3 is 27.9 Å². The van der Waals surface area contributed by atoms with Crippen molar-refractivity contribution in [2.75, 3.05) is 47.5 Å². The fourth-order valence-corrected chi connectivity index (χ4v) is 9.84. The summed E-state index contributed by atoms with van der Waals surface area (Å²) < 4.78 is 34.2. The van der Waals surface area contributed by atoms with Crippen molar-refractivity contribution in [1.82, 2.24) is 0 Å². The molecule has 0 heterocycles. The molecular weight excluding hydrogens is 1000 g/mol. The van der Waals surface area contributed by atoms with Gasteiger partial charge in [0.05, 0.1) is 27.7 Å². The topological polar surface area (TPSA) is 111 Å². The van der Waals surface area contributed by atoms with Crippen LogP contribution in [-0.4, -0.2) is 70.0 Å². The number of hydrogen-bond acceptors (Lipinski definition) is 8. The molecule has 0 aliphatic rings. The van der Waals surface area contributed by atoms with Crippen LogP contribution in [0.5, 0.6) is 0 Å². The molecule has 2 unspecified atom stereocenters. The van der Waals surface area contributed by atoms with Gasteiger partial charge in [-0.05, 0) is 83.5 Å². The van der Waals surface area contributed by atoms with Crippen molar-refractivity contribution >= 4 is 19.8 Å². The summed E-state index contributed by atoms with van der Waals surface area (Å²) in [6.07, 6.45) is 81.1. The lowest BCUT2D eigenvalue weighted by atomic mass is 10.0. The first-order chi connectivity index (χ1) is 38.5. The van der Waals surface area contributed by atoms with E-state index in [2.05, 4.69) is 98.9 Å². The third-order valence-corrected chi connectivity index (χ3v) is 15.1.